The Morgan fingerprint density at radius 1 is 1.20 bits per heavy atom. The molecule has 3 N–H and O–H groups in total. The van der Waals surface area contributed by atoms with Crippen LogP contribution in [0.15, 0.2) is 30.3 Å². The van der Waals surface area contributed by atoms with Gasteiger partial charge in [-0.05, 0) is 12.5 Å². The van der Waals surface area contributed by atoms with Crippen molar-refractivity contribution in [2.45, 2.75) is 24.8 Å². The lowest BCUT2D eigenvalue weighted by Crippen LogP contribution is -2.47. The van der Waals surface area contributed by atoms with Gasteiger partial charge in [0.15, 0.2) is 0 Å². The van der Waals surface area contributed by atoms with E-state index in [2.05, 4.69) is 5.32 Å². The van der Waals surface area contributed by atoms with Crippen LogP contribution in [-0.2, 0) is 15.3 Å². The maximum absolute atomic E-state index is 11.0. The van der Waals surface area contributed by atoms with E-state index in [4.69, 9.17) is 10.2 Å². The van der Waals surface area contributed by atoms with Crippen molar-refractivity contribution in [3.05, 3.63) is 35.9 Å². The molecule has 0 radical (unpaired) electrons. The van der Waals surface area contributed by atoms with Gasteiger partial charge < -0.3 is 10.2 Å². The van der Waals surface area contributed by atoms with Crippen LogP contribution in [0.3, 0.4) is 0 Å². The van der Waals surface area contributed by atoms with Gasteiger partial charge in [-0.2, -0.15) is 11.8 Å². The Kier molecular flexibility index (Phi) is 9.28. The van der Waals surface area contributed by atoms with Crippen molar-refractivity contribution in [1.82, 2.24) is 5.32 Å². The van der Waals surface area contributed by atoms with E-state index in [1.54, 1.807) is 0 Å². The molecule has 112 valence electrons. The van der Waals surface area contributed by atoms with Crippen molar-refractivity contribution in [1.29, 1.82) is 0 Å². The number of aliphatic carboxylic acids is 2. The third-order valence-electron chi connectivity index (χ3n) is 2.52. The fourth-order valence-electron chi connectivity index (χ4n) is 1.43. The second kappa shape index (κ2) is 9.79. The molecule has 0 bridgehead atoms. The van der Waals surface area contributed by atoms with Gasteiger partial charge in [-0.25, -0.2) is 0 Å². The zero-order valence-corrected chi connectivity index (χ0v) is 13.5. The summed E-state index contributed by atoms with van der Waals surface area (Å²) >= 11 is 1.46. The zero-order valence-electron chi connectivity index (χ0n) is 11.0. The Bertz CT molecular complexity index is 430. The topological polar surface area (TPSA) is 86.6 Å². The largest absolute Gasteiger partial charge is 0.480 e. The van der Waals surface area contributed by atoms with E-state index in [0.717, 1.165) is 5.56 Å². The molecular formula is C13H18BrNO4S. The predicted molar refractivity (Wildman–Crippen MR) is 84.6 cm³/mol. The highest BCUT2D eigenvalue weighted by Crippen LogP contribution is 2.13. The molecule has 0 aromatic heterocycles. The number of carboxylic acids is 2. The summed E-state index contributed by atoms with van der Waals surface area (Å²) in [7, 11) is 0. The number of nitrogens with one attached hydrogen (secondary N) is 1. The van der Waals surface area contributed by atoms with E-state index in [0.29, 0.717) is 11.5 Å². The van der Waals surface area contributed by atoms with Gasteiger partial charge in [-0.1, -0.05) is 30.3 Å². The van der Waals surface area contributed by atoms with Crippen LogP contribution < -0.4 is 5.32 Å². The van der Waals surface area contributed by atoms with Crippen molar-refractivity contribution >= 4 is 40.7 Å². The van der Waals surface area contributed by atoms with E-state index >= 15 is 0 Å². The van der Waals surface area contributed by atoms with Crippen molar-refractivity contribution in [3.63, 3.8) is 0 Å². The molecule has 1 aromatic carbocycles. The number of thioether (sulfide) groups is 1. The number of carboxylic acid groups (broad SMARTS) is 2. The van der Waals surface area contributed by atoms with Crippen LogP contribution >= 0.6 is 28.7 Å². The second-order valence-electron chi connectivity index (χ2n) is 4.12. The maximum atomic E-state index is 11.0. The van der Waals surface area contributed by atoms with Gasteiger partial charge in [0, 0.05) is 11.5 Å². The van der Waals surface area contributed by atoms with Gasteiger partial charge in [0.25, 0.3) is 0 Å². The Labute approximate surface area is 132 Å². The normalized spacial score (nSPS) is 13.1. The Balaban J connectivity index is 0.00000361. The molecule has 0 heterocycles. The minimum Gasteiger partial charge on any atom is -0.480 e. The number of hydrogen-bond donors (Lipinski definition) is 3. The lowest BCUT2D eigenvalue weighted by molar-refractivity contribution is -0.141. The fourth-order valence-corrected chi connectivity index (χ4v) is 2.45. The fraction of sp³-hybridized carbons (Fsp3) is 0.385. The van der Waals surface area contributed by atoms with Gasteiger partial charge in [0.05, 0.1) is 0 Å². The third-order valence-corrected chi connectivity index (χ3v) is 3.62. The molecule has 0 amide bonds. The van der Waals surface area contributed by atoms with Gasteiger partial charge >= 0.3 is 11.9 Å². The first-order valence-corrected chi connectivity index (χ1v) is 6.99. The van der Waals surface area contributed by atoms with Crippen LogP contribution in [0.4, 0.5) is 0 Å². The first-order chi connectivity index (χ1) is 9.00. The number of benzene rings is 1. The van der Waals surface area contributed by atoms with E-state index < -0.39 is 24.0 Å². The smallest absolute Gasteiger partial charge is 0.321 e. The predicted octanol–water partition coefficient (Wildman–Crippen LogP) is 2.01. The Hall–Kier alpha value is -1.05. The molecule has 0 aliphatic heterocycles. The van der Waals surface area contributed by atoms with Crippen LogP contribution in [0.25, 0.3) is 0 Å². The maximum Gasteiger partial charge on any atom is 0.321 e. The molecule has 0 saturated carbocycles. The van der Waals surface area contributed by atoms with Crippen molar-refractivity contribution in [3.8, 4) is 0 Å². The summed E-state index contributed by atoms with van der Waals surface area (Å²) in [6.45, 7) is 1.43. The first kappa shape index (κ1) is 18.9. The van der Waals surface area contributed by atoms with Crippen LogP contribution in [0, 0.1) is 0 Å². The van der Waals surface area contributed by atoms with E-state index in [-0.39, 0.29) is 17.0 Å². The molecule has 2 atom stereocenters. The van der Waals surface area contributed by atoms with Gasteiger partial charge in [-0.15, -0.1) is 17.0 Å². The molecule has 20 heavy (non-hydrogen) atoms. The lowest BCUT2D eigenvalue weighted by atomic mass is 10.2. The number of rotatable bonds is 8. The molecule has 1 aromatic rings. The van der Waals surface area contributed by atoms with E-state index in [9.17, 15) is 9.59 Å². The molecule has 0 fully saturated rings. The second-order valence-corrected chi connectivity index (χ2v) is 5.15. The zero-order chi connectivity index (χ0) is 14.3. The molecule has 5 nitrogen and oxygen atoms in total. The van der Waals surface area contributed by atoms with E-state index in [1.807, 2.05) is 30.3 Å². The van der Waals surface area contributed by atoms with Crippen molar-refractivity contribution in [2.24, 2.45) is 0 Å². The molecule has 1 rings (SSSR count). The molecule has 0 aliphatic carbocycles. The Morgan fingerprint density at radius 2 is 1.80 bits per heavy atom. The minimum absolute atomic E-state index is 0. The molecule has 7 heteroatoms. The van der Waals surface area contributed by atoms with E-state index in [1.165, 1.54) is 18.7 Å². The SMILES string of the molecule is Br.CC(NC(CSCc1ccccc1)C(=O)O)C(=O)O. The number of carbonyl (C=O) groups is 2. The van der Waals surface area contributed by atoms with Gasteiger partial charge in [0.1, 0.15) is 12.1 Å². The van der Waals surface area contributed by atoms with Gasteiger partial charge in [0.2, 0.25) is 0 Å². The van der Waals surface area contributed by atoms with Crippen molar-refractivity contribution < 1.29 is 19.8 Å². The molecule has 0 aliphatic rings. The molecule has 0 spiro atoms. The third kappa shape index (κ3) is 6.93. The molecule has 2 unspecified atom stereocenters. The Morgan fingerprint density at radius 3 is 2.30 bits per heavy atom. The van der Waals surface area contributed by atoms with Crippen molar-refractivity contribution in [2.75, 3.05) is 5.75 Å². The van der Waals surface area contributed by atoms with Crippen LogP contribution in [0.2, 0.25) is 0 Å². The first-order valence-electron chi connectivity index (χ1n) is 5.84. The number of halogens is 1. The standard InChI is InChI=1S/C13H17NO4S.BrH/c1-9(12(15)16)14-11(13(17)18)8-19-7-10-5-3-2-4-6-10;/h2-6,9,11,14H,7-8H2,1H3,(H,15,16)(H,17,18);1H. The highest BCUT2D eigenvalue weighted by molar-refractivity contribution is 8.93. The molecule has 0 saturated heterocycles. The van der Waals surface area contributed by atoms with Crippen LogP contribution in [-0.4, -0.2) is 40.0 Å². The highest BCUT2D eigenvalue weighted by atomic mass is 79.9. The average molecular weight is 364 g/mol. The summed E-state index contributed by atoms with van der Waals surface area (Å²) in [6.07, 6.45) is 0. The highest BCUT2D eigenvalue weighted by Gasteiger charge is 2.22. The summed E-state index contributed by atoms with van der Waals surface area (Å²) < 4.78 is 0. The quantitative estimate of drug-likeness (QED) is 0.654. The summed E-state index contributed by atoms with van der Waals surface area (Å²) in [5, 5.41) is 20.4. The van der Waals surface area contributed by atoms with Gasteiger partial charge in [-0.3, -0.25) is 14.9 Å². The minimum atomic E-state index is -1.06. The number of hydrogen-bond acceptors (Lipinski definition) is 4. The summed E-state index contributed by atoms with van der Waals surface area (Å²) in [5.41, 5.74) is 1.11. The summed E-state index contributed by atoms with van der Waals surface area (Å²) in [5.74, 6) is -1.07. The summed E-state index contributed by atoms with van der Waals surface area (Å²) in [4.78, 5) is 21.7. The molecular weight excluding hydrogens is 346 g/mol. The van der Waals surface area contributed by atoms with Crippen LogP contribution in [0.5, 0.6) is 0 Å². The summed E-state index contributed by atoms with van der Waals surface area (Å²) in [6, 6.07) is 7.97. The lowest BCUT2D eigenvalue weighted by Gasteiger charge is -2.17. The average Bonchev–Trinajstić information content (AvgIpc) is 2.38. The van der Waals surface area contributed by atoms with Crippen LogP contribution in [0.1, 0.15) is 12.5 Å². The monoisotopic (exact) mass is 363 g/mol.